The van der Waals surface area contributed by atoms with Crippen LogP contribution in [0.2, 0.25) is 5.02 Å². The Balaban J connectivity index is 1.56. The van der Waals surface area contributed by atoms with Gasteiger partial charge in [-0.2, -0.15) is 0 Å². The highest BCUT2D eigenvalue weighted by atomic mass is 35.5. The van der Waals surface area contributed by atoms with E-state index in [4.69, 9.17) is 11.6 Å². The minimum atomic E-state index is -0.562. The Hall–Kier alpha value is -2.86. The van der Waals surface area contributed by atoms with Crippen molar-refractivity contribution in [2.24, 2.45) is 0 Å². The monoisotopic (exact) mass is 359 g/mol. The van der Waals surface area contributed by atoms with Gasteiger partial charge in [0.25, 0.3) is 0 Å². The van der Waals surface area contributed by atoms with E-state index in [2.05, 4.69) is 15.8 Å². The zero-order valence-electron chi connectivity index (χ0n) is 13.1. The molecule has 0 aliphatic rings. The number of hydrogen-bond donors (Lipinski definition) is 3. The molecule has 0 atom stereocenters. The van der Waals surface area contributed by atoms with Crippen LogP contribution in [0, 0.1) is 5.82 Å². The van der Waals surface area contributed by atoms with E-state index in [0.29, 0.717) is 0 Å². The van der Waals surface area contributed by atoms with Gasteiger partial charge in [-0.25, -0.2) is 4.39 Å². The fraction of sp³-hybridized carbons (Fsp3) is 0.111. The van der Waals surface area contributed by atoms with Gasteiger partial charge in [-0.3, -0.25) is 20.4 Å². The number of aromatic nitrogens is 1. The SMILES string of the molecule is O=C(Cc1c(F)cccc1Cl)NNC(=O)Cc1c[nH]c2ccccc12. The predicted octanol–water partition coefficient (Wildman–Crippen LogP) is 2.89. The molecule has 2 aromatic carbocycles. The molecule has 2 amide bonds. The highest BCUT2D eigenvalue weighted by Crippen LogP contribution is 2.19. The van der Waals surface area contributed by atoms with Gasteiger partial charge in [-0.05, 0) is 23.8 Å². The summed E-state index contributed by atoms with van der Waals surface area (Å²) in [7, 11) is 0. The zero-order chi connectivity index (χ0) is 17.8. The molecule has 1 aromatic heterocycles. The minimum Gasteiger partial charge on any atom is -0.361 e. The maximum Gasteiger partial charge on any atom is 0.242 e. The molecule has 0 fully saturated rings. The van der Waals surface area contributed by atoms with E-state index in [0.717, 1.165) is 16.5 Å². The molecule has 3 rings (SSSR count). The van der Waals surface area contributed by atoms with Crippen molar-refractivity contribution in [2.45, 2.75) is 12.8 Å². The van der Waals surface area contributed by atoms with Crippen LogP contribution in [0.4, 0.5) is 4.39 Å². The molecule has 0 saturated carbocycles. The smallest absolute Gasteiger partial charge is 0.242 e. The summed E-state index contributed by atoms with van der Waals surface area (Å²) < 4.78 is 13.7. The van der Waals surface area contributed by atoms with Gasteiger partial charge in [0.1, 0.15) is 5.82 Å². The van der Waals surface area contributed by atoms with E-state index in [9.17, 15) is 14.0 Å². The van der Waals surface area contributed by atoms with Gasteiger partial charge >= 0.3 is 0 Å². The summed E-state index contributed by atoms with van der Waals surface area (Å²) >= 11 is 5.88. The number of rotatable bonds is 4. The zero-order valence-corrected chi connectivity index (χ0v) is 13.9. The number of nitrogens with one attached hydrogen (secondary N) is 3. The minimum absolute atomic E-state index is 0.0903. The Bertz CT molecular complexity index is 919. The second kappa shape index (κ2) is 7.36. The van der Waals surface area contributed by atoms with Crippen LogP contribution in [0.15, 0.2) is 48.7 Å². The van der Waals surface area contributed by atoms with Gasteiger partial charge in [-0.1, -0.05) is 35.9 Å². The first-order valence-corrected chi connectivity index (χ1v) is 7.98. The van der Waals surface area contributed by atoms with Crippen LogP contribution in [0.3, 0.4) is 0 Å². The summed E-state index contributed by atoms with van der Waals surface area (Å²) in [6, 6.07) is 11.8. The molecule has 0 radical (unpaired) electrons. The second-order valence-electron chi connectivity index (χ2n) is 5.51. The number of halogens is 2. The van der Waals surface area contributed by atoms with E-state index < -0.39 is 11.7 Å². The molecular weight excluding hydrogens is 345 g/mol. The average Bonchev–Trinajstić information content (AvgIpc) is 3.00. The van der Waals surface area contributed by atoms with Gasteiger partial charge in [0, 0.05) is 27.7 Å². The maximum absolute atomic E-state index is 13.7. The molecule has 128 valence electrons. The fourth-order valence-corrected chi connectivity index (χ4v) is 2.77. The lowest BCUT2D eigenvalue weighted by atomic mass is 10.1. The third kappa shape index (κ3) is 3.97. The molecule has 0 bridgehead atoms. The van der Waals surface area contributed by atoms with Gasteiger partial charge < -0.3 is 4.98 Å². The van der Waals surface area contributed by atoms with Crippen molar-refractivity contribution in [1.29, 1.82) is 0 Å². The Labute approximate surface area is 148 Å². The predicted molar refractivity (Wildman–Crippen MR) is 93.4 cm³/mol. The highest BCUT2D eigenvalue weighted by molar-refractivity contribution is 6.31. The van der Waals surface area contributed by atoms with Crippen molar-refractivity contribution in [1.82, 2.24) is 15.8 Å². The molecule has 0 unspecified atom stereocenters. The van der Waals surface area contributed by atoms with E-state index in [-0.39, 0.29) is 29.3 Å². The molecule has 25 heavy (non-hydrogen) atoms. The van der Waals surface area contributed by atoms with E-state index >= 15 is 0 Å². The molecule has 3 N–H and O–H groups in total. The van der Waals surface area contributed by atoms with Crippen LogP contribution in [0.25, 0.3) is 10.9 Å². The van der Waals surface area contributed by atoms with Crippen LogP contribution in [-0.2, 0) is 22.4 Å². The summed E-state index contributed by atoms with van der Waals surface area (Å²) in [5, 5.41) is 1.11. The number of fused-ring (bicyclic) bond motifs is 1. The average molecular weight is 360 g/mol. The number of hydrazine groups is 1. The van der Waals surface area contributed by atoms with Crippen molar-refractivity contribution >= 4 is 34.3 Å². The van der Waals surface area contributed by atoms with Gasteiger partial charge in [-0.15, -0.1) is 0 Å². The second-order valence-corrected chi connectivity index (χ2v) is 5.92. The molecular formula is C18H15ClFN3O2. The molecule has 3 aromatic rings. The van der Waals surface area contributed by atoms with Crippen molar-refractivity contribution in [2.75, 3.05) is 0 Å². The first kappa shape index (κ1) is 17.0. The first-order valence-electron chi connectivity index (χ1n) is 7.60. The number of H-pyrrole nitrogens is 1. The van der Waals surface area contributed by atoms with Crippen molar-refractivity contribution in [3.8, 4) is 0 Å². The summed E-state index contributed by atoms with van der Waals surface area (Å²) in [5.74, 6) is -1.50. The summed E-state index contributed by atoms with van der Waals surface area (Å²) in [6.45, 7) is 0. The molecule has 0 saturated heterocycles. The lowest BCUT2D eigenvalue weighted by Gasteiger charge is -2.09. The summed E-state index contributed by atoms with van der Waals surface area (Å²) in [4.78, 5) is 27.0. The maximum atomic E-state index is 13.7. The fourth-order valence-electron chi connectivity index (χ4n) is 2.54. The van der Waals surface area contributed by atoms with Crippen LogP contribution >= 0.6 is 11.6 Å². The van der Waals surface area contributed by atoms with Gasteiger partial charge in [0.15, 0.2) is 0 Å². The van der Waals surface area contributed by atoms with Crippen molar-refractivity contribution in [3.63, 3.8) is 0 Å². The Morgan fingerprint density at radius 2 is 1.72 bits per heavy atom. The number of para-hydroxylation sites is 1. The number of benzene rings is 2. The topological polar surface area (TPSA) is 74.0 Å². The van der Waals surface area contributed by atoms with Gasteiger partial charge in [0.05, 0.1) is 12.8 Å². The molecule has 0 aliphatic heterocycles. The van der Waals surface area contributed by atoms with Crippen LogP contribution in [0.1, 0.15) is 11.1 Å². The van der Waals surface area contributed by atoms with Gasteiger partial charge in [0.2, 0.25) is 11.8 Å². The molecule has 7 heteroatoms. The first-order chi connectivity index (χ1) is 12.0. The van der Waals surface area contributed by atoms with Crippen LogP contribution < -0.4 is 10.9 Å². The van der Waals surface area contributed by atoms with E-state index in [1.165, 1.54) is 18.2 Å². The largest absolute Gasteiger partial charge is 0.361 e. The quantitative estimate of drug-likeness (QED) is 0.627. The highest BCUT2D eigenvalue weighted by Gasteiger charge is 2.13. The third-order valence-electron chi connectivity index (χ3n) is 3.77. The van der Waals surface area contributed by atoms with E-state index in [1.54, 1.807) is 6.20 Å². The normalized spacial score (nSPS) is 10.6. The lowest BCUT2D eigenvalue weighted by molar-refractivity contribution is -0.128. The Kier molecular flexibility index (Phi) is 5.00. The lowest BCUT2D eigenvalue weighted by Crippen LogP contribution is -2.43. The summed E-state index contributed by atoms with van der Waals surface area (Å²) in [5.41, 5.74) is 6.44. The Morgan fingerprint density at radius 3 is 2.48 bits per heavy atom. The van der Waals surface area contributed by atoms with Crippen LogP contribution in [-0.4, -0.2) is 16.8 Å². The molecule has 0 spiro atoms. The molecule has 5 nitrogen and oxygen atoms in total. The standard InChI is InChI=1S/C18H15ClFN3O2/c19-14-5-3-6-15(20)13(14)9-18(25)23-22-17(24)8-11-10-21-16-7-2-1-4-12(11)16/h1-7,10,21H,8-9H2,(H,22,24)(H,23,25). The third-order valence-corrected chi connectivity index (χ3v) is 4.12. The number of carbonyl (C=O) groups is 2. The molecule has 0 aliphatic carbocycles. The van der Waals surface area contributed by atoms with Crippen LogP contribution in [0.5, 0.6) is 0 Å². The molecule has 1 heterocycles. The summed E-state index contributed by atoms with van der Waals surface area (Å²) in [6.07, 6.45) is 1.59. The van der Waals surface area contributed by atoms with Crippen molar-refractivity contribution < 1.29 is 14.0 Å². The number of carbonyl (C=O) groups excluding carboxylic acids is 2. The number of aromatic amines is 1. The number of amides is 2. The number of hydrogen-bond acceptors (Lipinski definition) is 2. The Morgan fingerprint density at radius 1 is 1.00 bits per heavy atom. The van der Waals surface area contributed by atoms with E-state index in [1.807, 2.05) is 24.3 Å². The van der Waals surface area contributed by atoms with Crippen molar-refractivity contribution in [3.05, 3.63) is 70.6 Å².